The average molecular weight is 205 g/mol. The Morgan fingerprint density at radius 1 is 1.40 bits per heavy atom. The van der Waals surface area contributed by atoms with Crippen LogP contribution in [-0.2, 0) is 9.47 Å². The van der Waals surface area contributed by atoms with Gasteiger partial charge < -0.3 is 14.5 Å². The van der Waals surface area contributed by atoms with Gasteiger partial charge in [0.05, 0.1) is 0 Å². The zero-order valence-corrected chi connectivity index (χ0v) is 8.32. The molecule has 2 rings (SSSR count). The maximum atomic E-state index is 11.4. The van der Waals surface area contributed by atoms with Gasteiger partial charge in [0.2, 0.25) is 0 Å². The van der Waals surface area contributed by atoms with Gasteiger partial charge in [0.25, 0.3) is 0 Å². The lowest BCUT2D eigenvalue weighted by Gasteiger charge is -1.99. The van der Waals surface area contributed by atoms with E-state index in [1.54, 1.807) is 6.07 Å². The van der Waals surface area contributed by atoms with Gasteiger partial charge in [-0.1, -0.05) is 18.2 Å². The summed E-state index contributed by atoms with van der Waals surface area (Å²) in [5.74, 6) is -0.409. The number of hydrogen-bond acceptors (Lipinski definition) is 3. The first-order chi connectivity index (χ1) is 7.31. The predicted octanol–water partition coefficient (Wildman–Crippen LogP) is 1.93. The standard InChI is InChI=1S/C11H11NO3/c1-14-7-15-11(13)10-6-8-4-2-3-5-9(8)12-10/h2-6,12H,7H2,1H3. The molecule has 4 nitrogen and oxygen atoms in total. The number of para-hydroxylation sites is 1. The fourth-order valence-electron chi connectivity index (χ4n) is 1.37. The number of aromatic nitrogens is 1. The number of carbonyl (C=O) groups excluding carboxylic acids is 1. The van der Waals surface area contributed by atoms with Crippen LogP contribution in [0.4, 0.5) is 0 Å². The molecule has 0 saturated heterocycles. The number of hydrogen-bond donors (Lipinski definition) is 1. The second-order valence-electron chi connectivity index (χ2n) is 3.11. The number of benzene rings is 1. The van der Waals surface area contributed by atoms with Crippen molar-refractivity contribution < 1.29 is 14.3 Å². The van der Waals surface area contributed by atoms with E-state index >= 15 is 0 Å². The van der Waals surface area contributed by atoms with Gasteiger partial charge in [-0.3, -0.25) is 0 Å². The van der Waals surface area contributed by atoms with Crippen LogP contribution in [0.5, 0.6) is 0 Å². The van der Waals surface area contributed by atoms with Crippen LogP contribution in [-0.4, -0.2) is 24.9 Å². The van der Waals surface area contributed by atoms with E-state index in [-0.39, 0.29) is 6.79 Å². The number of ether oxygens (including phenoxy) is 2. The van der Waals surface area contributed by atoms with Gasteiger partial charge in [0, 0.05) is 18.0 Å². The van der Waals surface area contributed by atoms with Gasteiger partial charge in [0.1, 0.15) is 5.69 Å². The number of esters is 1. The average Bonchev–Trinajstić information content (AvgIpc) is 2.69. The fourth-order valence-corrected chi connectivity index (χ4v) is 1.37. The molecule has 1 aromatic carbocycles. The SMILES string of the molecule is COCOC(=O)c1cc2ccccc2[nH]1. The number of aromatic amines is 1. The van der Waals surface area contributed by atoms with E-state index in [2.05, 4.69) is 9.72 Å². The highest BCUT2D eigenvalue weighted by Gasteiger charge is 2.09. The molecule has 2 aromatic rings. The summed E-state index contributed by atoms with van der Waals surface area (Å²) < 4.78 is 9.47. The number of carbonyl (C=O) groups is 1. The second kappa shape index (κ2) is 4.14. The van der Waals surface area contributed by atoms with Gasteiger partial charge >= 0.3 is 5.97 Å². The van der Waals surface area contributed by atoms with Gasteiger partial charge in [-0.05, 0) is 12.1 Å². The molecule has 1 N–H and O–H groups in total. The van der Waals surface area contributed by atoms with Crippen LogP contribution >= 0.6 is 0 Å². The zero-order chi connectivity index (χ0) is 10.7. The Hall–Kier alpha value is -1.81. The lowest BCUT2D eigenvalue weighted by atomic mass is 10.2. The van der Waals surface area contributed by atoms with E-state index in [0.29, 0.717) is 5.69 Å². The molecule has 0 aliphatic heterocycles. The maximum absolute atomic E-state index is 11.4. The third-order valence-electron chi connectivity index (χ3n) is 2.06. The quantitative estimate of drug-likeness (QED) is 0.615. The zero-order valence-electron chi connectivity index (χ0n) is 8.32. The third kappa shape index (κ3) is 1.99. The lowest BCUT2D eigenvalue weighted by molar-refractivity contribution is -0.0129. The van der Waals surface area contributed by atoms with Gasteiger partial charge in [0.15, 0.2) is 6.79 Å². The number of H-pyrrole nitrogens is 1. The van der Waals surface area contributed by atoms with Crippen LogP contribution in [0, 0.1) is 0 Å². The van der Waals surface area contributed by atoms with Crippen LogP contribution in [0.1, 0.15) is 10.5 Å². The van der Waals surface area contributed by atoms with E-state index in [4.69, 9.17) is 4.74 Å². The molecule has 0 spiro atoms. The summed E-state index contributed by atoms with van der Waals surface area (Å²) in [6, 6.07) is 9.41. The molecule has 78 valence electrons. The van der Waals surface area contributed by atoms with Crippen LogP contribution in [0.15, 0.2) is 30.3 Å². The number of nitrogens with one attached hydrogen (secondary N) is 1. The minimum atomic E-state index is -0.409. The molecule has 1 aromatic heterocycles. The summed E-state index contributed by atoms with van der Waals surface area (Å²) in [7, 11) is 1.47. The summed E-state index contributed by atoms with van der Waals surface area (Å²) in [4.78, 5) is 14.4. The lowest BCUT2D eigenvalue weighted by Crippen LogP contribution is -2.07. The molecule has 0 unspecified atom stereocenters. The van der Waals surface area contributed by atoms with E-state index < -0.39 is 5.97 Å². The topological polar surface area (TPSA) is 51.3 Å². The second-order valence-corrected chi connectivity index (χ2v) is 3.11. The van der Waals surface area contributed by atoms with Crippen molar-refractivity contribution in [2.75, 3.05) is 13.9 Å². The van der Waals surface area contributed by atoms with Crippen molar-refractivity contribution in [3.05, 3.63) is 36.0 Å². The minimum Gasteiger partial charge on any atom is -0.434 e. The van der Waals surface area contributed by atoms with E-state index in [1.807, 2.05) is 24.3 Å². The summed E-state index contributed by atoms with van der Waals surface area (Å²) in [5.41, 5.74) is 1.36. The Kier molecular flexibility index (Phi) is 2.69. The molecule has 0 saturated carbocycles. The molecule has 0 bridgehead atoms. The normalized spacial score (nSPS) is 10.5. The molecule has 1 heterocycles. The van der Waals surface area contributed by atoms with E-state index in [0.717, 1.165) is 10.9 Å². The van der Waals surface area contributed by atoms with Crippen molar-refractivity contribution in [1.82, 2.24) is 4.98 Å². The molecule has 4 heteroatoms. The number of fused-ring (bicyclic) bond motifs is 1. The Morgan fingerprint density at radius 2 is 2.20 bits per heavy atom. The van der Waals surface area contributed by atoms with Crippen LogP contribution < -0.4 is 0 Å². The van der Waals surface area contributed by atoms with Crippen molar-refractivity contribution in [2.24, 2.45) is 0 Å². The van der Waals surface area contributed by atoms with Crippen LogP contribution in [0.2, 0.25) is 0 Å². The molecule has 15 heavy (non-hydrogen) atoms. The minimum absolute atomic E-state index is 0.0335. The number of rotatable bonds is 3. The number of methoxy groups -OCH3 is 1. The Labute approximate surface area is 86.8 Å². The molecular formula is C11H11NO3. The fraction of sp³-hybridized carbons (Fsp3) is 0.182. The summed E-state index contributed by atoms with van der Waals surface area (Å²) in [6.45, 7) is -0.0335. The highest BCUT2D eigenvalue weighted by molar-refractivity contribution is 5.94. The first kappa shape index (κ1) is 9.73. The van der Waals surface area contributed by atoms with Gasteiger partial charge in [-0.2, -0.15) is 0 Å². The van der Waals surface area contributed by atoms with E-state index in [1.165, 1.54) is 7.11 Å². The summed E-state index contributed by atoms with van der Waals surface area (Å²) >= 11 is 0. The Balaban J connectivity index is 2.25. The van der Waals surface area contributed by atoms with E-state index in [9.17, 15) is 4.79 Å². The molecule has 0 fully saturated rings. The summed E-state index contributed by atoms with van der Waals surface area (Å²) in [6.07, 6.45) is 0. The predicted molar refractivity (Wildman–Crippen MR) is 55.6 cm³/mol. The van der Waals surface area contributed by atoms with Crippen LogP contribution in [0.3, 0.4) is 0 Å². The molecule has 0 radical (unpaired) electrons. The Morgan fingerprint density at radius 3 is 2.93 bits per heavy atom. The largest absolute Gasteiger partial charge is 0.434 e. The van der Waals surface area contributed by atoms with Crippen molar-refractivity contribution in [3.8, 4) is 0 Å². The smallest absolute Gasteiger partial charge is 0.356 e. The first-order valence-electron chi connectivity index (χ1n) is 4.55. The van der Waals surface area contributed by atoms with Gasteiger partial charge in [-0.15, -0.1) is 0 Å². The maximum Gasteiger partial charge on any atom is 0.356 e. The van der Waals surface area contributed by atoms with Crippen molar-refractivity contribution in [3.63, 3.8) is 0 Å². The highest BCUT2D eigenvalue weighted by atomic mass is 16.7. The third-order valence-corrected chi connectivity index (χ3v) is 2.06. The molecule has 0 amide bonds. The Bertz CT molecular complexity index is 442. The van der Waals surface area contributed by atoms with Crippen molar-refractivity contribution in [2.45, 2.75) is 0 Å². The van der Waals surface area contributed by atoms with Gasteiger partial charge in [-0.25, -0.2) is 4.79 Å². The first-order valence-corrected chi connectivity index (χ1v) is 4.55. The highest BCUT2D eigenvalue weighted by Crippen LogP contribution is 2.15. The van der Waals surface area contributed by atoms with Crippen LogP contribution in [0.25, 0.3) is 10.9 Å². The molecular weight excluding hydrogens is 194 g/mol. The molecule has 0 aliphatic rings. The van der Waals surface area contributed by atoms with Crippen molar-refractivity contribution in [1.29, 1.82) is 0 Å². The monoisotopic (exact) mass is 205 g/mol. The molecule has 0 aliphatic carbocycles. The summed E-state index contributed by atoms with van der Waals surface area (Å²) in [5, 5.41) is 0.988. The molecule has 0 atom stereocenters. The van der Waals surface area contributed by atoms with Crippen molar-refractivity contribution >= 4 is 16.9 Å².